The number of carbonyl (C=O) groups excluding carboxylic acids is 2. The summed E-state index contributed by atoms with van der Waals surface area (Å²) >= 11 is 0. The van der Waals surface area contributed by atoms with Gasteiger partial charge in [-0.25, -0.2) is 10.2 Å². The summed E-state index contributed by atoms with van der Waals surface area (Å²) in [7, 11) is 0. The molecule has 31 heavy (non-hydrogen) atoms. The van der Waals surface area contributed by atoms with Crippen molar-refractivity contribution < 1.29 is 24.4 Å². The van der Waals surface area contributed by atoms with Gasteiger partial charge in [0.15, 0.2) is 0 Å². The molecule has 0 aromatic heterocycles. The zero-order valence-electron chi connectivity index (χ0n) is 16.3. The van der Waals surface area contributed by atoms with Crippen LogP contribution in [-0.2, 0) is 0 Å². The van der Waals surface area contributed by atoms with Crippen molar-refractivity contribution in [3.63, 3.8) is 0 Å². The Hall–Kier alpha value is -4.53. The summed E-state index contributed by atoms with van der Waals surface area (Å²) in [4.78, 5) is 35.0. The molecule has 0 unspecified atom stereocenters. The van der Waals surface area contributed by atoms with Crippen molar-refractivity contribution in [2.75, 3.05) is 0 Å². The predicted molar refractivity (Wildman–Crippen MR) is 112 cm³/mol. The number of esters is 1. The minimum absolute atomic E-state index is 0.0237. The molecule has 0 aliphatic carbocycles. The summed E-state index contributed by atoms with van der Waals surface area (Å²) in [5, 5.41) is 24.4. The molecule has 1 amide bonds. The standard InChI is InChI=1S/C22H17N3O6/c1-14-3-2-4-17(11-14)22(28)31-20-10-5-15(12-19(20)25(29)30)13-23-24-21(27)16-6-8-18(26)9-7-16/h2-13,26H,1H3,(H,24,27)/b23-13+. The van der Waals surface area contributed by atoms with Crippen molar-refractivity contribution in [1.82, 2.24) is 5.43 Å². The molecular formula is C22H17N3O6. The van der Waals surface area contributed by atoms with Crippen molar-refractivity contribution in [3.8, 4) is 11.5 Å². The number of benzene rings is 3. The largest absolute Gasteiger partial charge is 0.508 e. The van der Waals surface area contributed by atoms with Crippen LogP contribution >= 0.6 is 0 Å². The molecule has 0 aliphatic heterocycles. The van der Waals surface area contributed by atoms with E-state index in [-0.39, 0.29) is 22.6 Å². The van der Waals surface area contributed by atoms with E-state index < -0.39 is 22.5 Å². The number of nitrogens with zero attached hydrogens (tertiary/aromatic N) is 2. The second-order valence-corrected chi connectivity index (χ2v) is 6.49. The van der Waals surface area contributed by atoms with E-state index in [1.165, 1.54) is 48.7 Å². The lowest BCUT2D eigenvalue weighted by Gasteiger charge is -2.06. The molecule has 156 valence electrons. The molecule has 0 bridgehead atoms. The highest BCUT2D eigenvalue weighted by Crippen LogP contribution is 2.28. The van der Waals surface area contributed by atoms with Crippen LogP contribution in [0.5, 0.6) is 11.5 Å². The van der Waals surface area contributed by atoms with E-state index >= 15 is 0 Å². The predicted octanol–water partition coefficient (Wildman–Crippen LogP) is 3.59. The average molecular weight is 419 g/mol. The van der Waals surface area contributed by atoms with Crippen LogP contribution in [0, 0.1) is 17.0 Å². The molecular weight excluding hydrogens is 402 g/mol. The van der Waals surface area contributed by atoms with Gasteiger partial charge in [-0.1, -0.05) is 17.7 Å². The number of nitro groups is 1. The molecule has 2 N–H and O–H groups in total. The van der Waals surface area contributed by atoms with Crippen LogP contribution in [0.3, 0.4) is 0 Å². The molecule has 9 nitrogen and oxygen atoms in total. The van der Waals surface area contributed by atoms with Crippen molar-refractivity contribution in [2.45, 2.75) is 6.92 Å². The van der Waals surface area contributed by atoms with Crippen LogP contribution in [0.2, 0.25) is 0 Å². The second kappa shape index (κ2) is 9.31. The molecule has 0 spiro atoms. The van der Waals surface area contributed by atoms with Gasteiger partial charge in [0, 0.05) is 17.2 Å². The molecule has 3 aromatic carbocycles. The fourth-order valence-corrected chi connectivity index (χ4v) is 2.62. The number of carbonyl (C=O) groups is 2. The van der Waals surface area contributed by atoms with E-state index in [0.717, 1.165) is 5.56 Å². The minimum atomic E-state index is -0.714. The van der Waals surface area contributed by atoms with Crippen molar-refractivity contribution >= 4 is 23.8 Å². The maximum Gasteiger partial charge on any atom is 0.343 e. The number of hydrogen-bond donors (Lipinski definition) is 2. The smallest absolute Gasteiger partial charge is 0.343 e. The van der Waals surface area contributed by atoms with Crippen molar-refractivity contribution in [3.05, 3.63) is 99.1 Å². The van der Waals surface area contributed by atoms with Gasteiger partial charge in [0.2, 0.25) is 5.75 Å². The third-order valence-corrected chi connectivity index (χ3v) is 4.15. The number of aromatic hydroxyl groups is 1. The number of amides is 1. The molecule has 3 aromatic rings. The Morgan fingerprint density at radius 2 is 1.81 bits per heavy atom. The average Bonchev–Trinajstić information content (AvgIpc) is 2.75. The fraction of sp³-hybridized carbons (Fsp3) is 0.0455. The fourth-order valence-electron chi connectivity index (χ4n) is 2.62. The molecule has 0 atom stereocenters. The van der Waals surface area contributed by atoms with Crippen LogP contribution in [-0.4, -0.2) is 28.1 Å². The number of hydrazone groups is 1. The van der Waals surface area contributed by atoms with Gasteiger partial charge in [-0.05, 0) is 55.5 Å². The highest BCUT2D eigenvalue weighted by Gasteiger charge is 2.19. The second-order valence-electron chi connectivity index (χ2n) is 6.49. The number of nitrogens with one attached hydrogen (secondary N) is 1. The summed E-state index contributed by atoms with van der Waals surface area (Å²) in [6.07, 6.45) is 1.22. The first-order valence-electron chi connectivity index (χ1n) is 9.03. The van der Waals surface area contributed by atoms with Crippen LogP contribution in [0.1, 0.15) is 31.8 Å². The van der Waals surface area contributed by atoms with E-state index in [2.05, 4.69) is 10.5 Å². The lowest BCUT2D eigenvalue weighted by molar-refractivity contribution is -0.385. The molecule has 0 radical (unpaired) electrons. The SMILES string of the molecule is Cc1cccc(C(=O)Oc2ccc(/C=N/NC(=O)c3ccc(O)cc3)cc2[N+](=O)[O-])c1. The van der Waals surface area contributed by atoms with Gasteiger partial charge in [0.05, 0.1) is 16.7 Å². The number of hydrogen-bond acceptors (Lipinski definition) is 7. The van der Waals surface area contributed by atoms with Crippen LogP contribution in [0.15, 0.2) is 71.8 Å². The van der Waals surface area contributed by atoms with E-state index in [0.29, 0.717) is 5.56 Å². The van der Waals surface area contributed by atoms with Gasteiger partial charge in [-0.2, -0.15) is 5.10 Å². The monoisotopic (exact) mass is 419 g/mol. The summed E-state index contributed by atoms with van der Waals surface area (Å²) in [6, 6.07) is 16.2. The Morgan fingerprint density at radius 1 is 1.06 bits per heavy atom. The first-order chi connectivity index (χ1) is 14.8. The maximum absolute atomic E-state index is 12.3. The summed E-state index contributed by atoms with van der Waals surface area (Å²) < 4.78 is 5.20. The molecule has 0 saturated carbocycles. The van der Waals surface area contributed by atoms with E-state index in [4.69, 9.17) is 4.74 Å². The zero-order valence-corrected chi connectivity index (χ0v) is 16.3. The van der Waals surface area contributed by atoms with Crippen LogP contribution < -0.4 is 10.2 Å². The van der Waals surface area contributed by atoms with E-state index in [9.17, 15) is 24.8 Å². The molecule has 0 heterocycles. The van der Waals surface area contributed by atoms with Crippen molar-refractivity contribution in [1.29, 1.82) is 0 Å². The molecule has 9 heteroatoms. The highest BCUT2D eigenvalue weighted by molar-refractivity contribution is 5.95. The minimum Gasteiger partial charge on any atom is -0.508 e. The van der Waals surface area contributed by atoms with E-state index in [1.807, 2.05) is 13.0 Å². The van der Waals surface area contributed by atoms with Gasteiger partial charge in [-0.15, -0.1) is 0 Å². The van der Waals surface area contributed by atoms with Gasteiger partial charge in [-0.3, -0.25) is 14.9 Å². The lowest BCUT2D eigenvalue weighted by Crippen LogP contribution is -2.17. The van der Waals surface area contributed by atoms with Gasteiger partial charge < -0.3 is 9.84 Å². The molecule has 0 aliphatic rings. The Balaban J connectivity index is 1.73. The quantitative estimate of drug-likeness (QED) is 0.206. The van der Waals surface area contributed by atoms with Gasteiger partial charge >= 0.3 is 11.7 Å². The third kappa shape index (κ3) is 5.51. The molecule has 0 fully saturated rings. The third-order valence-electron chi connectivity index (χ3n) is 4.15. The zero-order chi connectivity index (χ0) is 22.4. The number of nitro benzene ring substituents is 1. The summed E-state index contributed by atoms with van der Waals surface area (Å²) in [5.41, 5.74) is 3.58. The number of ether oxygens (including phenoxy) is 1. The number of rotatable bonds is 6. The van der Waals surface area contributed by atoms with Crippen molar-refractivity contribution in [2.24, 2.45) is 5.10 Å². The van der Waals surface area contributed by atoms with Gasteiger partial charge in [0.25, 0.3) is 5.91 Å². The Bertz CT molecular complexity index is 1170. The highest BCUT2D eigenvalue weighted by atomic mass is 16.6. The Morgan fingerprint density at radius 3 is 2.48 bits per heavy atom. The first-order valence-corrected chi connectivity index (χ1v) is 9.03. The normalized spacial score (nSPS) is 10.6. The molecule has 3 rings (SSSR count). The molecule has 0 saturated heterocycles. The summed E-state index contributed by atoms with van der Waals surface area (Å²) in [5.74, 6) is -1.42. The number of aryl methyl sites for hydroxylation is 1. The Kier molecular flexibility index (Phi) is 6.36. The van der Waals surface area contributed by atoms with Crippen LogP contribution in [0.25, 0.3) is 0 Å². The van der Waals surface area contributed by atoms with E-state index in [1.54, 1.807) is 18.2 Å². The Labute approximate surface area is 176 Å². The maximum atomic E-state index is 12.3. The van der Waals surface area contributed by atoms with Crippen LogP contribution in [0.4, 0.5) is 5.69 Å². The number of phenolic OH excluding ortho intramolecular Hbond substituents is 1. The topological polar surface area (TPSA) is 131 Å². The first kappa shape index (κ1) is 21.2. The van der Waals surface area contributed by atoms with Gasteiger partial charge in [0.1, 0.15) is 5.75 Å². The lowest BCUT2D eigenvalue weighted by atomic mass is 10.1. The summed E-state index contributed by atoms with van der Waals surface area (Å²) in [6.45, 7) is 1.81. The number of phenols is 1.